The lowest BCUT2D eigenvalue weighted by Gasteiger charge is -2.21. The summed E-state index contributed by atoms with van der Waals surface area (Å²) >= 11 is 0. The van der Waals surface area contributed by atoms with E-state index in [0.29, 0.717) is 5.92 Å². The number of carboxylic acid groups (broad SMARTS) is 1. The van der Waals surface area contributed by atoms with Crippen LogP contribution >= 0.6 is 0 Å². The van der Waals surface area contributed by atoms with Gasteiger partial charge in [-0.15, -0.1) is 0 Å². The third-order valence-corrected chi connectivity index (χ3v) is 2.89. The molecule has 0 aliphatic carbocycles. The maximum atomic E-state index is 10.8. The zero-order valence-corrected chi connectivity index (χ0v) is 9.35. The summed E-state index contributed by atoms with van der Waals surface area (Å²) in [5.41, 5.74) is 1.77. The largest absolute Gasteiger partial charge is 0.481 e. The molecule has 5 heteroatoms. The van der Waals surface area contributed by atoms with E-state index in [1.807, 2.05) is 7.05 Å². The quantitative estimate of drug-likeness (QED) is 0.830. The Hall–Kier alpha value is -1.36. The number of aromatic nitrogens is 2. The summed E-state index contributed by atoms with van der Waals surface area (Å²) in [6.07, 6.45) is 3.73. The predicted molar refractivity (Wildman–Crippen MR) is 57.3 cm³/mol. The first kappa shape index (κ1) is 11.1. The Kier molecular flexibility index (Phi) is 3.24. The van der Waals surface area contributed by atoms with Crippen LogP contribution in [-0.2, 0) is 23.0 Å². The second-order valence-corrected chi connectivity index (χ2v) is 4.17. The highest BCUT2D eigenvalue weighted by molar-refractivity contribution is 5.70. The van der Waals surface area contributed by atoms with Crippen LogP contribution in [0.1, 0.15) is 30.0 Å². The van der Waals surface area contributed by atoms with Gasteiger partial charge in [0.2, 0.25) is 0 Å². The second-order valence-electron chi connectivity index (χ2n) is 4.17. The number of hydrogen-bond donors (Lipinski definition) is 1. The lowest BCUT2D eigenvalue weighted by atomic mass is 9.93. The van der Waals surface area contributed by atoms with Gasteiger partial charge in [0.05, 0.1) is 12.1 Å². The second kappa shape index (κ2) is 4.65. The van der Waals surface area contributed by atoms with E-state index in [-0.39, 0.29) is 6.42 Å². The minimum Gasteiger partial charge on any atom is -0.481 e. The minimum absolute atomic E-state index is 0.0561. The van der Waals surface area contributed by atoms with E-state index in [4.69, 9.17) is 9.84 Å². The summed E-state index contributed by atoms with van der Waals surface area (Å²) in [5.74, 6) is -0.453. The van der Waals surface area contributed by atoms with Gasteiger partial charge >= 0.3 is 5.97 Å². The molecular weight excluding hydrogens is 208 g/mol. The van der Waals surface area contributed by atoms with Crippen molar-refractivity contribution in [1.82, 2.24) is 9.78 Å². The molecule has 1 aliphatic rings. The maximum Gasteiger partial charge on any atom is 0.307 e. The van der Waals surface area contributed by atoms with Crippen LogP contribution in [-0.4, -0.2) is 34.1 Å². The minimum atomic E-state index is -0.804. The number of rotatable bonds is 3. The normalized spacial score (nSPS) is 17.6. The van der Waals surface area contributed by atoms with Crippen LogP contribution in [0.4, 0.5) is 0 Å². The molecule has 1 N–H and O–H groups in total. The van der Waals surface area contributed by atoms with Gasteiger partial charge in [-0.3, -0.25) is 9.48 Å². The molecule has 1 aliphatic heterocycles. The average Bonchev–Trinajstić information content (AvgIpc) is 2.60. The fraction of sp³-hybridized carbons (Fsp3) is 0.636. The van der Waals surface area contributed by atoms with Gasteiger partial charge < -0.3 is 9.84 Å². The summed E-state index contributed by atoms with van der Waals surface area (Å²) in [6, 6.07) is 0. The van der Waals surface area contributed by atoms with Gasteiger partial charge in [-0.05, 0) is 12.8 Å². The van der Waals surface area contributed by atoms with Crippen molar-refractivity contribution in [2.75, 3.05) is 13.2 Å². The van der Waals surface area contributed by atoms with Gasteiger partial charge in [0.25, 0.3) is 0 Å². The zero-order chi connectivity index (χ0) is 11.5. The number of aliphatic carboxylic acids is 1. The molecule has 0 unspecified atom stereocenters. The van der Waals surface area contributed by atoms with Gasteiger partial charge in [-0.25, -0.2) is 0 Å². The first-order chi connectivity index (χ1) is 7.66. The average molecular weight is 224 g/mol. The number of carbonyl (C=O) groups is 1. The highest BCUT2D eigenvalue weighted by Crippen LogP contribution is 2.28. The topological polar surface area (TPSA) is 64.4 Å². The van der Waals surface area contributed by atoms with Crippen LogP contribution in [0.3, 0.4) is 0 Å². The molecule has 1 aromatic rings. The van der Waals surface area contributed by atoms with Crippen LogP contribution < -0.4 is 0 Å². The molecule has 0 radical (unpaired) electrons. The number of aryl methyl sites for hydroxylation is 1. The smallest absolute Gasteiger partial charge is 0.307 e. The Balaban J connectivity index is 2.20. The van der Waals surface area contributed by atoms with E-state index in [0.717, 1.165) is 37.3 Å². The van der Waals surface area contributed by atoms with Crippen molar-refractivity contribution >= 4 is 5.97 Å². The molecule has 5 nitrogen and oxygen atoms in total. The Bertz CT molecular complexity index is 381. The Morgan fingerprint density at radius 2 is 2.31 bits per heavy atom. The molecule has 2 heterocycles. The lowest BCUT2D eigenvalue weighted by molar-refractivity contribution is -0.136. The summed E-state index contributed by atoms with van der Waals surface area (Å²) in [4.78, 5) is 10.8. The first-order valence-corrected chi connectivity index (χ1v) is 5.49. The standard InChI is InChI=1S/C11H16N2O3/c1-13-7-9(6-10(14)15)11(12-13)8-2-4-16-5-3-8/h7-8H,2-6H2,1H3,(H,14,15). The van der Waals surface area contributed by atoms with E-state index in [9.17, 15) is 4.79 Å². The molecule has 0 saturated carbocycles. The van der Waals surface area contributed by atoms with Crippen LogP contribution in [0.25, 0.3) is 0 Å². The number of ether oxygens (including phenoxy) is 1. The molecule has 1 saturated heterocycles. The number of carboxylic acids is 1. The molecule has 88 valence electrons. The van der Waals surface area contributed by atoms with Crippen molar-refractivity contribution in [3.8, 4) is 0 Å². The van der Waals surface area contributed by atoms with Crippen LogP contribution in [0.15, 0.2) is 6.20 Å². The molecule has 2 rings (SSSR count). The van der Waals surface area contributed by atoms with E-state index in [1.165, 1.54) is 0 Å². The lowest BCUT2D eigenvalue weighted by Crippen LogP contribution is -2.16. The highest BCUT2D eigenvalue weighted by atomic mass is 16.5. The summed E-state index contributed by atoms with van der Waals surface area (Å²) < 4.78 is 7.00. The summed E-state index contributed by atoms with van der Waals surface area (Å²) in [5, 5.41) is 13.2. The van der Waals surface area contributed by atoms with E-state index in [2.05, 4.69) is 5.10 Å². The molecular formula is C11H16N2O3. The molecule has 1 aromatic heterocycles. The highest BCUT2D eigenvalue weighted by Gasteiger charge is 2.22. The van der Waals surface area contributed by atoms with Crippen molar-refractivity contribution < 1.29 is 14.6 Å². The third kappa shape index (κ3) is 2.41. The maximum absolute atomic E-state index is 10.8. The van der Waals surface area contributed by atoms with Gasteiger partial charge in [0.1, 0.15) is 0 Å². The van der Waals surface area contributed by atoms with Gasteiger partial charge in [0.15, 0.2) is 0 Å². The van der Waals surface area contributed by atoms with Gasteiger partial charge in [-0.2, -0.15) is 5.10 Å². The summed E-state index contributed by atoms with van der Waals surface area (Å²) in [6.45, 7) is 1.49. The number of nitrogens with zero attached hydrogens (tertiary/aromatic N) is 2. The Labute approximate surface area is 94.0 Å². The molecule has 0 spiro atoms. The molecule has 0 atom stereocenters. The van der Waals surface area contributed by atoms with Crippen molar-refractivity contribution in [3.63, 3.8) is 0 Å². The predicted octanol–water partition coefficient (Wildman–Crippen LogP) is 0.941. The van der Waals surface area contributed by atoms with Crippen LogP contribution in [0, 0.1) is 0 Å². The van der Waals surface area contributed by atoms with Crippen molar-refractivity contribution in [1.29, 1.82) is 0 Å². The van der Waals surface area contributed by atoms with Gasteiger partial charge in [0, 0.05) is 37.9 Å². The Morgan fingerprint density at radius 1 is 1.62 bits per heavy atom. The van der Waals surface area contributed by atoms with Crippen LogP contribution in [0.2, 0.25) is 0 Å². The van der Waals surface area contributed by atoms with Gasteiger partial charge in [-0.1, -0.05) is 0 Å². The van der Waals surface area contributed by atoms with Crippen molar-refractivity contribution in [2.24, 2.45) is 7.05 Å². The Morgan fingerprint density at radius 3 is 2.94 bits per heavy atom. The fourth-order valence-corrected chi connectivity index (χ4v) is 2.17. The molecule has 0 bridgehead atoms. The molecule has 0 amide bonds. The fourth-order valence-electron chi connectivity index (χ4n) is 2.17. The molecule has 1 fully saturated rings. The van der Waals surface area contributed by atoms with E-state index >= 15 is 0 Å². The third-order valence-electron chi connectivity index (χ3n) is 2.89. The van der Waals surface area contributed by atoms with Crippen LogP contribution in [0.5, 0.6) is 0 Å². The van der Waals surface area contributed by atoms with E-state index in [1.54, 1.807) is 10.9 Å². The van der Waals surface area contributed by atoms with Crippen molar-refractivity contribution in [2.45, 2.75) is 25.2 Å². The molecule has 16 heavy (non-hydrogen) atoms. The van der Waals surface area contributed by atoms with E-state index < -0.39 is 5.97 Å². The van der Waals surface area contributed by atoms with Crippen molar-refractivity contribution in [3.05, 3.63) is 17.5 Å². The monoisotopic (exact) mass is 224 g/mol. The first-order valence-electron chi connectivity index (χ1n) is 5.49. The molecule has 0 aromatic carbocycles. The SMILES string of the molecule is Cn1cc(CC(=O)O)c(C2CCOCC2)n1. The number of hydrogen-bond acceptors (Lipinski definition) is 3. The zero-order valence-electron chi connectivity index (χ0n) is 9.35. The summed E-state index contributed by atoms with van der Waals surface area (Å²) in [7, 11) is 1.83.